The second-order valence-electron chi connectivity index (χ2n) is 6.87. The van der Waals surface area contributed by atoms with Crippen molar-refractivity contribution in [2.45, 2.75) is 45.0 Å². The smallest absolute Gasteiger partial charge is 0.408 e. The Hall–Kier alpha value is -2.88. The first-order chi connectivity index (χ1) is 14.1. The van der Waals surface area contributed by atoms with E-state index in [9.17, 15) is 23.6 Å². The van der Waals surface area contributed by atoms with Gasteiger partial charge in [-0.3, -0.25) is 19.8 Å². The van der Waals surface area contributed by atoms with E-state index in [-0.39, 0.29) is 31.9 Å². The Bertz CT molecular complexity index is 733. The van der Waals surface area contributed by atoms with Crippen molar-refractivity contribution in [2.24, 2.45) is 11.7 Å². The van der Waals surface area contributed by atoms with Crippen LogP contribution in [-0.4, -0.2) is 47.0 Å². The average molecular weight is 445 g/mol. The molecule has 0 aromatic heterocycles. The third-order valence-corrected chi connectivity index (χ3v) is 3.99. The molecule has 30 heavy (non-hydrogen) atoms. The molecule has 1 rings (SSSR count). The fourth-order valence-corrected chi connectivity index (χ4v) is 2.50. The maximum Gasteiger partial charge on any atom is 0.408 e. The number of primary amides is 1. The molecule has 0 spiro atoms. The predicted octanol–water partition coefficient (Wildman–Crippen LogP) is 1.60. The van der Waals surface area contributed by atoms with Crippen molar-refractivity contribution in [3.63, 3.8) is 0 Å². The van der Waals surface area contributed by atoms with Gasteiger partial charge in [0, 0.05) is 6.42 Å². The van der Waals surface area contributed by atoms with Crippen molar-refractivity contribution in [2.75, 3.05) is 6.54 Å². The van der Waals surface area contributed by atoms with Crippen LogP contribution in [0.5, 0.6) is 0 Å². The zero-order valence-corrected chi connectivity index (χ0v) is 17.5. The molecule has 0 saturated carbocycles. The van der Waals surface area contributed by atoms with Crippen molar-refractivity contribution in [1.29, 1.82) is 0 Å². The molecule has 2 unspecified atom stereocenters. The topological polar surface area (TPSA) is 131 Å². The maximum atomic E-state index is 13.2. The third kappa shape index (κ3) is 9.55. The molecule has 1 aromatic rings. The minimum atomic E-state index is -2.43. The van der Waals surface area contributed by atoms with Gasteiger partial charge in [0.1, 0.15) is 12.6 Å². The number of rotatable bonds is 10. The van der Waals surface area contributed by atoms with E-state index in [2.05, 4.69) is 10.7 Å². The number of nitrogens with zero attached hydrogens (tertiary/aromatic N) is 1. The first-order valence-electron chi connectivity index (χ1n) is 9.25. The van der Waals surface area contributed by atoms with Gasteiger partial charge in [0.05, 0.1) is 6.54 Å². The maximum absolute atomic E-state index is 13.2. The molecule has 0 saturated heterocycles. The lowest BCUT2D eigenvalue weighted by Gasteiger charge is -2.26. The summed E-state index contributed by atoms with van der Waals surface area (Å²) in [5.74, 6) is -2.82. The summed E-state index contributed by atoms with van der Waals surface area (Å²) in [5, 5.41) is 2.99. The Labute approximate surface area is 179 Å². The van der Waals surface area contributed by atoms with Crippen molar-refractivity contribution in [1.82, 2.24) is 15.8 Å². The highest BCUT2D eigenvalue weighted by Gasteiger charge is 2.28. The number of amides is 4. The molecule has 166 valence electrons. The van der Waals surface area contributed by atoms with Crippen LogP contribution in [0, 0.1) is 5.92 Å². The fourth-order valence-electron chi connectivity index (χ4n) is 2.38. The molecule has 11 heteroatoms. The SMILES string of the molecule is CC(C)CC(NC(=O)OCc1ccccc1)C(=O)NN(CCC(N)=O)C(=O)C(F)Cl. The van der Waals surface area contributed by atoms with E-state index >= 15 is 0 Å². The molecule has 0 aliphatic heterocycles. The number of hydrogen-bond acceptors (Lipinski definition) is 5. The Morgan fingerprint density at radius 3 is 2.37 bits per heavy atom. The minimum absolute atomic E-state index is 0.00168. The summed E-state index contributed by atoms with van der Waals surface area (Å²) in [6.45, 7) is 3.27. The number of carbonyl (C=O) groups is 4. The average Bonchev–Trinajstić information content (AvgIpc) is 2.68. The van der Waals surface area contributed by atoms with Gasteiger partial charge in [-0.05, 0) is 17.9 Å². The molecule has 0 aliphatic rings. The van der Waals surface area contributed by atoms with Crippen molar-refractivity contribution < 1.29 is 28.3 Å². The van der Waals surface area contributed by atoms with Gasteiger partial charge < -0.3 is 15.8 Å². The molecule has 4 N–H and O–H groups in total. The lowest BCUT2D eigenvalue weighted by atomic mass is 10.0. The molecule has 0 aliphatic carbocycles. The molecule has 0 heterocycles. The second-order valence-corrected chi connectivity index (χ2v) is 7.25. The number of alkyl halides is 2. The first-order valence-corrected chi connectivity index (χ1v) is 9.69. The van der Waals surface area contributed by atoms with Crippen LogP contribution in [0.25, 0.3) is 0 Å². The van der Waals surface area contributed by atoms with Gasteiger partial charge in [0.25, 0.3) is 17.4 Å². The van der Waals surface area contributed by atoms with E-state index in [4.69, 9.17) is 22.1 Å². The normalized spacial score (nSPS) is 12.6. The summed E-state index contributed by atoms with van der Waals surface area (Å²) in [4.78, 5) is 47.6. The van der Waals surface area contributed by atoms with Crippen LogP contribution in [0.4, 0.5) is 9.18 Å². The molecular formula is C19H26ClFN4O5. The standard InChI is InChI=1S/C19H26ClFN4O5/c1-12(2)10-14(23-19(29)30-11-13-6-4-3-5-7-13)17(27)24-25(9-8-15(22)26)18(28)16(20)21/h3-7,12,14,16H,8-11H2,1-2H3,(H2,22,26)(H,23,29)(H,24,27). The van der Waals surface area contributed by atoms with E-state index in [1.165, 1.54) is 0 Å². The van der Waals surface area contributed by atoms with Crippen molar-refractivity contribution in [3.8, 4) is 0 Å². The summed E-state index contributed by atoms with van der Waals surface area (Å²) in [7, 11) is 0. The van der Waals surface area contributed by atoms with E-state index in [1.807, 2.05) is 19.9 Å². The van der Waals surface area contributed by atoms with Crippen LogP contribution in [0.2, 0.25) is 0 Å². The highest BCUT2D eigenvalue weighted by Crippen LogP contribution is 2.08. The molecule has 2 atom stereocenters. The number of nitrogens with one attached hydrogen (secondary N) is 2. The largest absolute Gasteiger partial charge is 0.445 e. The Kier molecular flexibility index (Phi) is 10.6. The first kappa shape index (κ1) is 25.2. The number of ether oxygens (including phenoxy) is 1. The van der Waals surface area contributed by atoms with E-state index < -0.39 is 35.5 Å². The molecule has 0 bridgehead atoms. The lowest BCUT2D eigenvalue weighted by Crippen LogP contribution is -2.56. The number of hydrazine groups is 1. The minimum Gasteiger partial charge on any atom is -0.445 e. The number of benzene rings is 1. The highest BCUT2D eigenvalue weighted by atomic mass is 35.5. The van der Waals surface area contributed by atoms with Gasteiger partial charge in [-0.15, -0.1) is 0 Å². The van der Waals surface area contributed by atoms with Crippen LogP contribution in [0.1, 0.15) is 32.3 Å². The summed E-state index contributed by atoms with van der Waals surface area (Å²) >= 11 is 5.15. The monoisotopic (exact) mass is 444 g/mol. The van der Waals surface area contributed by atoms with E-state index in [0.29, 0.717) is 5.01 Å². The molecule has 4 amide bonds. The summed E-state index contributed by atoms with van der Waals surface area (Å²) in [6, 6.07) is 7.86. The number of alkyl carbamates (subject to hydrolysis) is 1. The van der Waals surface area contributed by atoms with Gasteiger partial charge in [0.2, 0.25) is 5.91 Å². The lowest BCUT2D eigenvalue weighted by molar-refractivity contribution is -0.144. The molecule has 0 radical (unpaired) electrons. The number of hydrogen-bond donors (Lipinski definition) is 3. The Morgan fingerprint density at radius 2 is 1.83 bits per heavy atom. The summed E-state index contributed by atoms with van der Waals surface area (Å²) < 4.78 is 18.3. The van der Waals surface area contributed by atoms with Crippen LogP contribution >= 0.6 is 11.6 Å². The van der Waals surface area contributed by atoms with Gasteiger partial charge in [0.15, 0.2) is 0 Å². The fraction of sp³-hybridized carbons (Fsp3) is 0.474. The van der Waals surface area contributed by atoms with E-state index in [1.54, 1.807) is 24.3 Å². The quantitative estimate of drug-likeness (QED) is 0.372. The van der Waals surface area contributed by atoms with E-state index in [0.717, 1.165) is 5.56 Å². The van der Waals surface area contributed by atoms with Gasteiger partial charge in [-0.25, -0.2) is 14.2 Å². The molecule has 0 fully saturated rings. The van der Waals surface area contributed by atoms with Crippen molar-refractivity contribution in [3.05, 3.63) is 35.9 Å². The number of nitrogens with two attached hydrogens (primary N) is 1. The summed E-state index contributed by atoms with van der Waals surface area (Å²) in [5.41, 5.74) is 5.55. The molecule has 9 nitrogen and oxygen atoms in total. The van der Waals surface area contributed by atoms with Crippen LogP contribution in [0.3, 0.4) is 0 Å². The zero-order chi connectivity index (χ0) is 22.7. The summed E-state index contributed by atoms with van der Waals surface area (Å²) in [6.07, 6.45) is -0.948. The Balaban J connectivity index is 2.78. The predicted molar refractivity (Wildman–Crippen MR) is 107 cm³/mol. The number of halogens is 2. The van der Waals surface area contributed by atoms with Crippen molar-refractivity contribution >= 4 is 35.4 Å². The van der Waals surface area contributed by atoms with Gasteiger partial charge in [-0.2, -0.15) is 0 Å². The second kappa shape index (κ2) is 12.6. The van der Waals surface area contributed by atoms with Crippen LogP contribution < -0.4 is 16.5 Å². The van der Waals surface area contributed by atoms with Gasteiger partial charge in [-0.1, -0.05) is 55.8 Å². The molecule has 1 aromatic carbocycles. The number of carbonyl (C=O) groups excluding carboxylic acids is 4. The van der Waals surface area contributed by atoms with Crippen LogP contribution in [0.15, 0.2) is 30.3 Å². The third-order valence-electron chi connectivity index (χ3n) is 3.81. The molecular weight excluding hydrogens is 419 g/mol. The highest BCUT2D eigenvalue weighted by molar-refractivity contribution is 6.29. The van der Waals surface area contributed by atoms with Crippen LogP contribution in [-0.2, 0) is 25.7 Å². The van der Waals surface area contributed by atoms with Gasteiger partial charge >= 0.3 is 6.09 Å². The Morgan fingerprint density at radius 1 is 1.20 bits per heavy atom. The zero-order valence-electron chi connectivity index (χ0n) is 16.8.